The lowest BCUT2D eigenvalue weighted by Crippen LogP contribution is -2.04. The van der Waals surface area contributed by atoms with E-state index in [1.54, 1.807) is 6.07 Å². The van der Waals surface area contributed by atoms with E-state index in [2.05, 4.69) is 0 Å². The molecule has 0 unspecified atom stereocenters. The molecule has 86 valence electrons. The molecule has 0 aromatic heterocycles. The summed E-state index contributed by atoms with van der Waals surface area (Å²) in [5.74, 6) is -1.66. The molecule has 2 nitrogen and oxygen atoms in total. The van der Waals surface area contributed by atoms with Crippen molar-refractivity contribution in [3.63, 3.8) is 0 Å². The van der Waals surface area contributed by atoms with E-state index in [1.165, 1.54) is 0 Å². The molecular weight excluding hydrogens is 212 g/mol. The van der Waals surface area contributed by atoms with Gasteiger partial charge in [-0.1, -0.05) is 13.8 Å². The molecular formula is C12H13F2NO. The predicted molar refractivity (Wildman–Crippen MR) is 56.0 cm³/mol. The van der Waals surface area contributed by atoms with Crippen LogP contribution in [0.2, 0.25) is 0 Å². The lowest BCUT2D eigenvalue weighted by Gasteiger charge is -2.09. The number of ether oxygens (including phenoxy) is 1. The summed E-state index contributed by atoms with van der Waals surface area (Å²) >= 11 is 0. The lowest BCUT2D eigenvalue weighted by molar-refractivity contribution is 0.263. The Hall–Kier alpha value is -1.63. The van der Waals surface area contributed by atoms with Gasteiger partial charge in [-0.2, -0.15) is 5.26 Å². The van der Waals surface area contributed by atoms with Gasteiger partial charge in [-0.05, 0) is 24.5 Å². The molecule has 1 aromatic carbocycles. The van der Waals surface area contributed by atoms with Gasteiger partial charge in [0.15, 0.2) is 17.4 Å². The van der Waals surface area contributed by atoms with Gasteiger partial charge in [0.2, 0.25) is 0 Å². The minimum Gasteiger partial charge on any atom is -0.488 e. The Bertz CT molecular complexity index is 387. The molecule has 0 saturated carbocycles. The van der Waals surface area contributed by atoms with E-state index in [9.17, 15) is 8.78 Å². The molecule has 4 heteroatoms. The third-order valence-electron chi connectivity index (χ3n) is 2.07. The van der Waals surface area contributed by atoms with Gasteiger partial charge in [0.05, 0.1) is 18.2 Å². The first-order valence-corrected chi connectivity index (χ1v) is 5.06. The van der Waals surface area contributed by atoms with E-state index >= 15 is 0 Å². The molecule has 0 fully saturated rings. The molecule has 1 aromatic rings. The SMILES string of the molecule is CC(C)CCOc1c(F)cc(C#N)cc1F. The molecule has 0 N–H and O–H groups in total. The van der Waals surface area contributed by atoms with Gasteiger partial charge in [0, 0.05) is 0 Å². The molecule has 0 aliphatic rings. The number of benzene rings is 1. The van der Waals surface area contributed by atoms with Crippen molar-refractivity contribution in [2.75, 3.05) is 6.61 Å². The van der Waals surface area contributed by atoms with Crippen molar-refractivity contribution in [2.45, 2.75) is 20.3 Å². The van der Waals surface area contributed by atoms with Crippen LogP contribution in [0.1, 0.15) is 25.8 Å². The van der Waals surface area contributed by atoms with Crippen LogP contribution in [0.3, 0.4) is 0 Å². The molecule has 0 saturated heterocycles. The number of hydrogen-bond acceptors (Lipinski definition) is 2. The maximum atomic E-state index is 13.3. The van der Waals surface area contributed by atoms with Gasteiger partial charge in [0.1, 0.15) is 0 Å². The first kappa shape index (κ1) is 12.4. The van der Waals surface area contributed by atoms with Crippen LogP contribution in [-0.2, 0) is 0 Å². The monoisotopic (exact) mass is 225 g/mol. The summed E-state index contributed by atoms with van der Waals surface area (Å²) in [6, 6.07) is 3.61. The van der Waals surface area contributed by atoms with Crippen LogP contribution >= 0.6 is 0 Å². The fourth-order valence-electron chi connectivity index (χ4n) is 1.16. The smallest absolute Gasteiger partial charge is 0.190 e. The Kier molecular flexibility index (Phi) is 4.24. The summed E-state index contributed by atoms with van der Waals surface area (Å²) in [5, 5.41) is 8.50. The predicted octanol–water partition coefficient (Wildman–Crippen LogP) is 3.26. The Labute approximate surface area is 93.5 Å². The second-order valence-electron chi connectivity index (χ2n) is 3.91. The molecule has 0 amide bonds. The quantitative estimate of drug-likeness (QED) is 0.787. The minimum absolute atomic E-state index is 0.0498. The first-order chi connectivity index (χ1) is 7.54. The van der Waals surface area contributed by atoms with Crippen LogP contribution in [0.5, 0.6) is 5.75 Å². The molecule has 16 heavy (non-hydrogen) atoms. The molecule has 0 heterocycles. The zero-order valence-corrected chi connectivity index (χ0v) is 9.26. The highest BCUT2D eigenvalue weighted by atomic mass is 19.1. The fourth-order valence-corrected chi connectivity index (χ4v) is 1.16. The summed E-state index contributed by atoms with van der Waals surface area (Å²) in [5.41, 5.74) is -0.0498. The van der Waals surface area contributed by atoms with E-state index in [-0.39, 0.29) is 12.2 Å². The molecule has 0 atom stereocenters. The van der Waals surface area contributed by atoms with Crippen molar-refractivity contribution in [3.8, 4) is 11.8 Å². The largest absolute Gasteiger partial charge is 0.488 e. The summed E-state index contributed by atoms with van der Waals surface area (Å²) in [7, 11) is 0. The van der Waals surface area contributed by atoms with Crippen molar-refractivity contribution < 1.29 is 13.5 Å². The van der Waals surface area contributed by atoms with Crippen LogP contribution in [-0.4, -0.2) is 6.61 Å². The van der Waals surface area contributed by atoms with Crippen LogP contribution in [0.4, 0.5) is 8.78 Å². The minimum atomic E-state index is -0.833. The van der Waals surface area contributed by atoms with E-state index in [4.69, 9.17) is 10.00 Å². The van der Waals surface area contributed by atoms with Crippen molar-refractivity contribution in [3.05, 3.63) is 29.3 Å². The highest BCUT2D eigenvalue weighted by Crippen LogP contribution is 2.23. The summed E-state index contributed by atoms with van der Waals surface area (Å²) in [6.45, 7) is 4.25. The topological polar surface area (TPSA) is 33.0 Å². The van der Waals surface area contributed by atoms with Gasteiger partial charge < -0.3 is 4.74 Å². The Morgan fingerprint density at radius 1 is 1.31 bits per heavy atom. The lowest BCUT2D eigenvalue weighted by atomic mass is 10.1. The molecule has 0 spiro atoms. The fraction of sp³-hybridized carbons (Fsp3) is 0.417. The zero-order valence-electron chi connectivity index (χ0n) is 9.26. The summed E-state index contributed by atoms with van der Waals surface area (Å²) < 4.78 is 31.6. The third-order valence-corrected chi connectivity index (χ3v) is 2.07. The van der Waals surface area contributed by atoms with Gasteiger partial charge in [-0.25, -0.2) is 8.78 Å². The molecule has 0 aliphatic heterocycles. The molecule has 0 radical (unpaired) electrons. The van der Waals surface area contributed by atoms with Gasteiger partial charge in [-0.15, -0.1) is 0 Å². The number of nitrogens with zero attached hydrogens (tertiary/aromatic N) is 1. The molecule has 1 rings (SSSR count). The Balaban J connectivity index is 2.77. The second-order valence-corrected chi connectivity index (χ2v) is 3.91. The van der Waals surface area contributed by atoms with E-state index in [0.717, 1.165) is 18.6 Å². The number of nitriles is 1. The molecule has 0 aliphatic carbocycles. The van der Waals surface area contributed by atoms with Gasteiger partial charge in [0.25, 0.3) is 0 Å². The highest BCUT2D eigenvalue weighted by Gasteiger charge is 2.12. The van der Waals surface area contributed by atoms with Crippen molar-refractivity contribution in [1.82, 2.24) is 0 Å². The van der Waals surface area contributed by atoms with E-state index in [0.29, 0.717) is 5.92 Å². The Morgan fingerprint density at radius 3 is 2.31 bits per heavy atom. The number of halogens is 2. The van der Waals surface area contributed by atoms with Crippen molar-refractivity contribution in [1.29, 1.82) is 5.26 Å². The van der Waals surface area contributed by atoms with Gasteiger partial charge in [-0.3, -0.25) is 0 Å². The first-order valence-electron chi connectivity index (χ1n) is 5.06. The highest BCUT2D eigenvalue weighted by molar-refractivity contribution is 5.37. The normalized spacial score (nSPS) is 10.2. The standard InChI is InChI=1S/C12H13F2NO/c1-8(2)3-4-16-12-10(13)5-9(7-15)6-11(12)14/h5-6,8H,3-4H2,1-2H3. The third kappa shape index (κ3) is 3.20. The van der Waals surface area contributed by atoms with E-state index in [1.807, 2.05) is 13.8 Å². The van der Waals surface area contributed by atoms with Crippen LogP contribution in [0.25, 0.3) is 0 Å². The zero-order chi connectivity index (χ0) is 12.1. The average molecular weight is 225 g/mol. The van der Waals surface area contributed by atoms with Crippen LogP contribution < -0.4 is 4.74 Å². The van der Waals surface area contributed by atoms with Crippen LogP contribution in [0, 0.1) is 28.9 Å². The second kappa shape index (κ2) is 5.45. The Morgan fingerprint density at radius 2 is 1.88 bits per heavy atom. The average Bonchev–Trinajstić information content (AvgIpc) is 2.21. The number of rotatable bonds is 4. The van der Waals surface area contributed by atoms with Gasteiger partial charge >= 0.3 is 0 Å². The van der Waals surface area contributed by atoms with Crippen LogP contribution in [0.15, 0.2) is 12.1 Å². The van der Waals surface area contributed by atoms with E-state index < -0.39 is 17.4 Å². The molecule has 0 bridgehead atoms. The summed E-state index contributed by atoms with van der Waals surface area (Å²) in [4.78, 5) is 0. The van der Waals surface area contributed by atoms with Crippen molar-refractivity contribution >= 4 is 0 Å². The maximum Gasteiger partial charge on any atom is 0.190 e. The number of hydrogen-bond donors (Lipinski definition) is 0. The van der Waals surface area contributed by atoms with Crippen molar-refractivity contribution in [2.24, 2.45) is 5.92 Å². The maximum absolute atomic E-state index is 13.3. The summed E-state index contributed by atoms with van der Waals surface area (Å²) in [6.07, 6.45) is 0.721.